The van der Waals surface area contributed by atoms with Crippen LogP contribution in [0, 0.1) is 13.8 Å². The molecule has 0 saturated heterocycles. The van der Waals surface area contributed by atoms with Gasteiger partial charge in [-0.1, -0.05) is 56.3 Å². The van der Waals surface area contributed by atoms with E-state index in [1.165, 1.54) is 11.1 Å². The fourth-order valence-corrected chi connectivity index (χ4v) is 2.70. The Morgan fingerprint density at radius 2 is 1.62 bits per heavy atom. The van der Waals surface area contributed by atoms with Gasteiger partial charge in [-0.3, -0.25) is 4.79 Å². The molecule has 0 fully saturated rings. The molecule has 2 aromatic carbocycles. The van der Waals surface area contributed by atoms with Crippen molar-refractivity contribution in [3.05, 3.63) is 64.7 Å². The van der Waals surface area contributed by atoms with E-state index >= 15 is 0 Å². The first-order valence-corrected chi connectivity index (χ1v) is 8.63. The van der Waals surface area contributed by atoms with E-state index in [4.69, 9.17) is 0 Å². The lowest BCUT2D eigenvalue weighted by Crippen LogP contribution is -2.30. The molecule has 2 rings (SSSR count). The first-order valence-electron chi connectivity index (χ1n) is 8.63. The molecule has 2 aromatic rings. The SMILES string of the molecule is Cc1cccc(C)c1NC(=O)CNCCc1ccc(C(C)C)cc1. The third kappa shape index (κ3) is 5.20. The lowest BCUT2D eigenvalue weighted by atomic mass is 10.0. The van der Waals surface area contributed by atoms with Crippen molar-refractivity contribution in [1.29, 1.82) is 0 Å². The van der Waals surface area contributed by atoms with Gasteiger partial charge >= 0.3 is 0 Å². The lowest BCUT2D eigenvalue weighted by Gasteiger charge is -2.12. The molecule has 0 spiro atoms. The van der Waals surface area contributed by atoms with Gasteiger partial charge in [0, 0.05) is 5.69 Å². The zero-order valence-electron chi connectivity index (χ0n) is 15.1. The molecule has 0 atom stereocenters. The summed E-state index contributed by atoms with van der Waals surface area (Å²) in [6, 6.07) is 14.7. The minimum absolute atomic E-state index is 0.00237. The van der Waals surface area contributed by atoms with E-state index in [2.05, 4.69) is 48.7 Å². The van der Waals surface area contributed by atoms with Crippen molar-refractivity contribution in [2.24, 2.45) is 0 Å². The zero-order valence-corrected chi connectivity index (χ0v) is 15.1. The molecular formula is C21H28N2O. The van der Waals surface area contributed by atoms with Gasteiger partial charge in [0.05, 0.1) is 6.54 Å². The predicted octanol–water partition coefficient (Wildman–Crippen LogP) is 4.20. The maximum absolute atomic E-state index is 12.1. The van der Waals surface area contributed by atoms with Crippen LogP contribution in [0.3, 0.4) is 0 Å². The van der Waals surface area contributed by atoms with Gasteiger partial charge < -0.3 is 10.6 Å². The number of carbonyl (C=O) groups excluding carboxylic acids is 1. The molecule has 0 aliphatic heterocycles. The molecule has 0 heterocycles. The third-order valence-electron chi connectivity index (χ3n) is 4.27. The van der Waals surface area contributed by atoms with E-state index < -0.39 is 0 Å². The molecule has 2 N–H and O–H groups in total. The Morgan fingerprint density at radius 1 is 1.00 bits per heavy atom. The summed E-state index contributed by atoms with van der Waals surface area (Å²) in [5.41, 5.74) is 5.76. The lowest BCUT2D eigenvalue weighted by molar-refractivity contribution is -0.115. The molecule has 1 amide bonds. The van der Waals surface area contributed by atoms with Gasteiger partial charge in [0.1, 0.15) is 0 Å². The number of anilines is 1. The van der Waals surface area contributed by atoms with E-state index in [1.807, 2.05) is 32.0 Å². The molecule has 0 bridgehead atoms. The number of hydrogen-bond donors (Lipinski definition) is 2. The fraction of sp³-hybridized carbons (Fsp3) is 0.381. The van der Waals surface area contributed by atoms with Crippen molar-refractivity contribution >= 4 is 11.6 Å². The van der Waals surface area contributed by atoms with Crippen molar-refractivity contribution in [2.45, 2.75) is 40.0 Å². The van der Waals surface area contributed by atoms with Crippen LogP contribution in [0.25, 0.3) is 0 Å². The Balaban J connectivity index is 1.75. The number of carbonyl (C=O) groups is 1. The van der Waals surface area contributed by atoms with Gasteiger partial charge in [-0.05, 0) is 55.0 Å². The summed E-state index contributed by atoms with van der Waals surface area (Å²) in [5, 5.41) is 6.21. The van der Waals surface area contributed by atoms with Crippen molar-refractivity contribution in [2.75, 3.05) is 18.4 Å². The second kappa shape index (κ2) is 8.65. The average Bonchev–Trinajstić information content (AvgIpc) is 2.55. The third-order valence-corrected chi connectivity index (χ3v) is 4.27. The van der Waals surface area contributed by atoms with Crippen LogP contribution < -0.4 is 10.6 Å². The zero-order chi connectivity index (χ0) is 17.5. The molecule has 0 radical (unpaired) electrons. The van der Waals surface area contributed by atoms with Crippen LogP contribution in [0.1, 0.15) is 42.0 Å². The molecule has 0 unspecified atom stereocenters. The molecule has 0 saturated carbocycles. The Hall–Kier alpha value is -2.13. The van der Waals surface area contributed by atoms with Gasteiger partial charge in [0.25, 0.3) is 0 Å². The summed E-state index contributed by atoms with van der Waals surface area (Å²) < 4.78 is 0. The van der Waals surface area contributed by atoms with Crippen LogP contribution >= 0.6 is 0 Å². The summed E-state index contributed by atoms with van der Waals surface area (Å²) in [4.78, 5) is 12.1. The maximum Gasteiger partial charge on any atom is 0.238 e. The first kappa shape index (κ1) is 18.2. The van der Waals surface area contributed by atoms with Crippen LogP contribution in [0.15, 0.2) is 42.5 Å². The minimum Gasteiger partial charge on any atom is -0.324 e. The van der Waals surface area contributed by atoms with E-state index in [1.54, 1.807) is 0 Å². The fourth-order valence-electron chi connectivity index (χ4n) is 2.70. The van der Waals surface area contributed by atoms with Crippen molar-refractivity contribution in [3.63, 3.8) is 0 Å². The standard InChI is InChI=1S/C21H28N2O/c1-15(2)19-10-8-18(9-11-19)12-13-22-14-20(24)23-21-16(3)6-5-7-17(21)4/h5-11,15,22H,12-14H2,1-4H3,(H,23,24). The summed E-state index contributed by atoms with van der Waals surface area (Å²) in [7, 11) is 0. The van der Waals surface area contributed by atoms with Gasteiger partial charge in [0.15, 0.2) is 0 Å². The molecule has 128 valence electrons. The summed E-state index contributed by atoms with van der Waals surface area (Å²) >= 11 is 0. The molecule has 0 aromatic heterocycles. The van der Waals surface area contributed by atoms with Crippen LogP contribution in [-0.2, 0) is 11.2 Å². The number of nitrogens with one attached hydrogen (secondary N) is 2. The Kier molecular flexibility index (Phi) is 6.56. The highest BCUT2D eigenvalue weighted by atomic mass is 16.1. The van der Waals surface area contributed by atoms with Crippen LogP contribution in [-0.4, -0.2) is 19.0 Å². The van der Waals surface area contributed by atoms with Crippen molar-refractivity contribution in [3.8, 4) is 0 Å². The Bertz CT molecular complexity index is 654. The van der Waals surface area contributed by atoms with E-state index in [-0.39, 0.29) is 5.91 Å². The smallest absolute Gasteiger partial charge is 0.238 e. The number of benzene rings is 2. The highest BCUT2D eigenvalue weighted by Gasteiger charge is 2.06. The molecule has 0 aliphatic carbocycles. The Labute approximate surface area is 145 Å². The normalized spacial score (nSPS) is 10.9. The number of aryl methyl sites for hydroxylation is 2. The quantitative estimate of drug-likeness (QED) is 0.750. The monoisotopic (exact) mass is 324 g/mol. The van der Waals surface area contributed by atoms with E-state index in [0.29, 0.717) is 12.5 Å². The van der Waals surface area contributed by atoms with Gasteiger partial charge in [0.2, 0.25) is 5.91 Å². The van der Waals surface area contributed by atoms with Crippen LogP contribution in [0.5, 0.6) is 0 Å². The summed E-state index contributed by atoms with van der Waals surface area (Å²) in [6.07, 6.45) is 0.926. The van der Waals surface area contributed by atoms with Crippen LogP contribution in [0.4, 0.5) is 5.69 Å². The topological polar surface area (TPSA) is 41.1 Å². The number of rotatable bonds is 7. The molecular weight excluding hydrogens is 296 g/mol. The molecule has 24 heavy (non-hydrogen) atoms. The van der Waals surface area contributed by atoms with E-state index in [9.17, 15) is 4.79 Å². The van der Waals surface area contributed by atoms with Crippen molar-refractivity contribution in [1.82, 2.24) is 5.32 Å². The number of amides is 1. The minimum atomic E-state index is 0.00237. The molecule has 0 aliphatic rings. The summed E-state index contributed by atoms with van der Waals surface area (Å²) in [6.45, 7) is 9.55. The van der Waals surface area contributed by atoms with E-state index in [0.717, 1.165) is 29.8 Å². The van der Waals surface area contributed by atoms with Gasteiger partial charge in [-0.2, -0.15) is 0 Å². The van der Waals surface area contributed by atoms with Gasteiger partial charge in [-0.25, -0.2) is 0 Å². The highest BCUT2D eigenvalue weighted by molar-refractivity contribution is 5.93. The average molecular weight is 324 g/mol. The van der Waals surface area contributed by atoms with Gasteiger partial charge in [-0.15, -0.1) is 0 Å². The summed E-state index contributed by atoms with van der Waals surface area (Å²) in [5.74, 6) is 0.563. The second-order valence-corrected chi connectivity index (χ2v) is 6.64. The highest BCUT2D eigenvalue weighted by Crippen LogP contribution is 2.19. The Morgan fingerprint density at radius 3 is 2.21 bits per heavy atom. The second-order valence-electron chi connectivity index (χ2n) is 6.64. The van der Waals surface area contributed by atoms with Crippen LogP contribution in [0.2, 0.25) is 0 Å². The largest absolute Gasteiger partial charge is 0.324 e. The number of hydrogen-bond acceptors (Lipinski definition) is 2. The molecule has 3 nitrogen and oxygen atoms in total. The number of para-hydroxylation sites is 1. The predicted molar refractivity (Wildman–Crippen MR) is 102 cm³/mol. The molecule has 3 heteroatoms. The first-order chi connectivity index (χ1) is 11.5. The maximum atomic E-state index is 12.1. The van der Waals surface area contributed by atoms with Crippen molar-refractivity contribution < 1.29 is 4.79 Å².